The Hall–Kier alpha value is -2.05. The monoisotopic (exact) mass is 366 g/mol. The zero-order valence-electron chi connectivity index (χ0n) is 13.6. The van der Waals surface area contributed by atoms with Gasteiger partial charge in [0.2, 0.25) is 10.0 Å². The van der Waals surface area contributed by atoms with E-state index in [4.69, 9.17) is 11.6 Å². The number of amides is 1. The van der Waals surface area contributed by atoms with Crippen LogP contribution in [-0.2, 0) is 10.0 Å². The van der Waals surface area contributed by atoms with Gasteiger partial charge in [-0.1, -0.05) is 41.4 Å². The Labute approximate surface area is 147 Å². The number of sulfonamides is 1. The summed E-state index contributed by atoms with van der Waals surface area (Å²) in [4.78, 5) is 12.5. The molecule has 2 aromatic rings. The summed E-state index contributed by atoms with van der Waals surface area (Å²) in [5.41, 5.74) is 2.61. The molecule has 0 aromatic heterocycles. The average molecular weight is 367 g/mol. The summed E-state index contributed by atoms with van der Waals surface area (Å²) in [5.74, 6) is -0.370. The van der Waals surface area contributed by atoms with Crippen LogP contribution in [0.2, 0.25) is 5.02 Å². The molecule has 0 unspecified atom stereocenters. The number of carbonyl (C=O) groups excluding carboxylic acids is 1. The van der Waals surface area contributed by atoms with Gasteiger partial charge >= 0.3 is 0 Å². The Morgan fingerprint density at radius 1 is 1.12 bits per heavy atom. The normalized spacial score (nSPS) is 12.5. The second-order valence-corrected chi connectivity index (χ2v) is 7.83. The third-order valence-corrected chi connectivity index (χ3v) is 4.38. The molecule has 7 heteroatoms. The molecule has 0 radical (unpaired) electrons. The van der Waals surface area contributed by atoms with Crippen molar-refractivity contribution in [2.45, 2.75) is 19.9 Å². The van der Waals surface area contributed by atoms with Crippen molar-refractivity contribution in [3.63, 3.8) is 0 Å². The maximum atomic E-state index is 12.5. The Kier molecular flexibility index (Phi) is 5.51. The van der Waals surface area contributed by atoms with Crippen molar-refractivity contribution >= 4 is 33.2 Å². The lowest BCUT2D eigenvalue weighted by atomic mass is 10.1. The SMILES string of the molecule is Cc1ccc([C@H](C)NC(=O)c2cc(NS(C)(=O)=O)ccc2Cl)cc1. The highest BCUT2D eigenvalue weighted by Crippen LogP contribution is 2.22. The number of halogens is 1. The maximum absolute atomic E-state index is 12.5. The van der Waals surface area contributed by atoms with Gasteiger partial charge in [-0.2, -0.15) is 0 Å². The predicted octanol–water partition coefficient (Wildman–Crippen LogP) is 3.51. The van der Waals surface area contributed by atoms with Crippen LogP contribution in [0, 0.1) is 6.92 Å². The predicted molar refractivity (Wildman–Crippen MR) is 97.0 cm³/mol. The topological polar surface area (TPSA) is 75.3 Å². The van der Waals surface area contributed by atoms with Crippen LogP contribution >= 0.6 is 11.6 Å². The summed E-state index contributed by atoms with van der Waals surface area (Å²) >= 11 is 6.07. The summed E-state index contributed by atoms with van der Waals surface area (Å²) in [6.07, 6.45) is 1.04. The zero-order valence-corrected chi connectivity index (χ0v) is 15.2. The second kappa shape index (κ2) is 7.23. The molecule has 1 amide bonds. The van der Waals surface area contributed by atoms with Crippen molar-refractivity contribution in [3.8, 4) is 0 Å². The van der Waals surface area contributed by atoms with Crippen molar-refractivity contribution in [2.24, 2.45) is 0 Å². The van der Waals surface area contributed by atoms with Gasteiger partial charge in [-0.05, 0) is 37.6 Å². The van der Waals surface area contributed by atoms with E-state index in [2.05, 4.69) is 10.0 Å². The van der Waals surface area contributed by atoms with Crippen LogP contribution in [-0.4, -0.2) is 20.6 Å². The average Bonchev–Trinajstić information content (AvgIpc) is 2.48. The maximum Gasteiger partial charge on any atom is 0.253 e. The fourth-order valence-electron chi connectivity index (χ4n) is 2.19. The van der Waals surface area contributed by atoms with Gasteiger partial charge in [0, 0.05) is 5.69 Å². The third-order valence-electron chi connectivity index (χ3n) is 3.44. The van der Waals surface area contributed by atoms with Crippen LogP contribution in [0.3, 0.4) is 0 Å². The van der Waals surface area contributed by atoms with E-state index in [9.17, 15) is 13.2 Å². The molecule has 1 atom stereocenters. The van der Waals surface area contributed by atoms with Crippen molar-refractivity contribution in [1.82, 2.24) is 5.32 Å². The van der Waals surface area contributed by atoms with Gasteiger partial charge in [0.15, 0.2) is 0 Å². The number of carbonyl (C=O) groups is 1. The number of benzene rings is 2. The Morgan fingerprint density at radius 2 is 1.75 bits per heavy atom. The number of nitrogens with one attached hydrogen (secondary N) is 2. The zero-order chi connectivity index (χ0) is 17.9. The molecule has 0 aliphatic heterocycles. The first-order valence-corrected chi connectivity index (χ1v) is 9.57. The van der Waals surface area contributed by atoms with E-state index in [0.29, 0.717) is 0 Å². The highest BCUT2D eigenvalue weighted by molar-refractivity contribution is 7.92. The quantitative estimate of drug-likeness (QED) is 0.850. The standard InChI is InChI=1S/C17H19ClN2O3S/c1-11-4-6-13(7-5-11)12(2)19-17(21)15-10-14(8-9-16(15)18)20-24(3,22)23/h4-10,12,20H,1-3H3,(H,19,21)/t12-/m0/s1. The molecule has 2 aromatic carbocycles. The Bertz CT molecular complexity index is 849. The molecule has 0 heterocycles. The fourth-order valence-corrected chi connectivity index (χ4v) is 2.95. The summed E-state index contributed by atoms with van der Waals surface area (Å²) in [6.45, 7) is 3.86. The molecule has 0 aliphatic carbocycles. The van der Waals surface area contributed by atoms with Gasteiger partial charge in [0.1, 0.15) is 0 Å². The van der Waals surface area contributed by atoms with E-state index >= 15 is 0 Å². The molecule has 0 aliphatic rings. The highest BCUT2D eigenvalue weighted by Gasteiger charge is 2.15. The molecule has 0 saturated carbocycles. The van der Waals surface area contributed by atoms with Gasteiger partial charge in [0.05, 0.1) is 22.9 Å². The molecular formula is C17H19ClN2O3S. The Balaban J connectivity index is 2.19. The van der Waals surface area contributed by atoms with Crippen molar-refractivity contribution in [2.75, 3.05) is 11.0 Å². The Morgan fingerprint density at radius 3 is 2.33 bits per heavy atom. The van der Waals surface area contributed by atoms with Crippen LogP contribution in [0.25, 0.3) is 0 Å². The number of anilines is 1. The van der Waals surface area contributed by atoms with Crippen LogP contribution < -0.4 is 10.0 Å². The smallest absolute Gasteiger partial charge is 0.253 e. The third kappa shape index (κ3) is 4.97. The lowest BCUT2D eigenvalue weighted by Crippen LogP contribution is -2.27. The van der Waals surface area contributed by atoms with Crippen LogP contribution in [0.15, 0.2) is 42.5 Å². The van der Waals surface area contributed by atoms with Crippen LogP contribution in [0.4, 0.5) is 5.69 Å². The van der Waals surface area contributed by atoms with Gasteiger partial charge in [0.25, 0.3) is 5.91 Å². The van der Waals surface area contributed by atoms with Gasteiger partial charge in [-0.3, -0.25) is 9.52 Å². The molecule has 0 saturated heterocycles. The number of hydrogen-bond acceptors (Lipinski definition) is 3. The molecule has 0 fully saturated rings. The minimum atomic E-state index is -3.43. The van der Waals surface area contributed by atoms with Gasteiger partial charge < -0.3 is 5.32 Å². The highest BCUT2D eigenvalue weighted by atomic mass is 35.5. The number of hydrogen-bond donors (Lipinski definition) is 2. The first-order chi connectivity index (χ1) is 11.2. The molecule has 0 spiro atoms. The minimum absolute atomic E-state index is 0.208. The first-order valence-electron chi connectivity index (χ1n) is 7.30. The molecule has 2 N–H and O–H groups in total. The van der Waals surface area contributed by atoms with Gasteiger partial charge in [-0.25, -0.2) is 8.42 Å². The summed E-state index contributed by atoms with van der Waals surface area (Å²) in [5, 5.41) is 3.11. The number of rotatable bonds is 5. The molecule has 128 valence electrons. The van der Waals surface area contributed by atoms with Crippen LogP contribution in [0.1, 0.15) is 34.5 Å². The lowest BCUT2D eigenvalue weighted by molar-refractivity contribution is 0.0940. The van der Waals surface area contributed by atoms with Crippen LogP contribution in [0.5, 0.6) is 0 Å². The summed E-state index contributed by atoms with van der Waals surface area (Å²) in [6, 6.07) is 12.0. The van der Waals surface area contributed by atoms with E-state index in [-0.39, 0.29) is 28.2 Å². The molecular weight excluding hydrogens is 348 g/mol. The minimum Gasteiger partial charge on any atom is -0.345 e. The lowest BCUT2D eigenvalue weighted by Gasteiger charge is -2.16. The van der Waals surface area contributed by atoms with E-state index in [1.54, 1.807) is 0 Å². The second-order valence-electron chi connectivity index (χ2n) is 5.67. The summed E-state index contributed by atoms with van der Waals surface area (Å²) in [7, 11) is -3.43. The molecule has 0 bridgehead atoms. The van der Waals surface area contributed by atoms with E-state index in [1.807, 2.05) is 38.1 Å². The van der Waals surface area contributed by atoms with E-state index in [0.717, 1.165) is 17.4 Å². The largest absolute Gasteiger partial charge is 0.345 e. The van der Waals surface area contributed by atoms with Crippen molar-refractivity contribution < 1.29 is 13.2 Å². The summed E-state index contributed by atoms with van der Waals surface area (Å²) < 4.78 is 25.0. The fraction of sp³-hybridized carbons (Fsp3) is 0.235. The molecule has 2 rings (SSSR count). The van der Waals surface area contributed by atoms with E-state index < -0.39 is 10.0 Å². The molecule has 24 heavy (non-hydrogen) atoms. The molecule has 5 nitrogen and oxygen atoms in total. The number of aryl methyl sites for hydroxylation is 1. The van der Waals surface area contributed by atoms with Crippen molar-refractivity contribution in [1.29, 1.82) is 0 Å². The first kappa shape index (κ1) is 18.3. The van der Waals surface area contributed by atoms with Gasteiger partial charge in [-0.15, -0.1) is 0 Å². The van der Waals surface area contributed by atoms with E-state index in [1.165, 1.54) is 18.2 Å². The van der Waals surface area contributed by atoms with Crippen molar-refractivity contribution in [3.05, 3.63) is 64.2 Å².